The topological polar surface area (TPSA) is 215 Å². The van der Waals surface area contributed by atoms with Crippen LogP contribution in [0.1, 0.15) is 89.5 Å². The van der Waals surface area contributed by atoms with Crippen LogP contribution >= 0.6 is 0 Å². The van der Waals surface area contributed by atoms with Crippen LogP contribution in [0.25, 0.3) is 0 Å². The maximum absolute atomic E-state index is 13.4. The van der Waals surface area contributed by atoms with Crippen LogP contribution in [0, 0.1) is 5.92 Å². The molecule has 2 rings (SSSR count). The summed E-state index contributed by atoms with van der Waals surface area (Å²) in [6.07, 6.45) is -11.5. The first kappa shape index (κ1) is 45.5. The molecule has 0 saturated carbocycles. The summed E-state index contributed by atoms with van der Waals surface area (Å²) in [5.41, 5.74) is 0.0974. The summed E-state index contributed by atoms with van der Waals surface area (Å²) in [6.45, 7) is 18.6. The maximum Gasteiger partial charge on any atom is 0.339 e. The van der Waals surface area contributed by atoms with Gasteiger partial charge >= 0.3 is 35.8 Å². The SMILES string of the molecule is COC(=O)[C@H]1O[C@@H](O[Si](C(C)C)(C(C)C)C(C)C)[C@@H](NC(C)=O)[C@@H](C[C@H]2O[C@H](COC(C)=O)[C@@H](OC(C)=O)[C@H](OC(C)=O)[C@@H]2OC(C)=O)[C@H]1OC(C)=O. The van der Waals surface area contributed by atoms with Crippen molar-refractivity contribution in [1.29, 1.82) is 0 Å². The van der Waals surface area contributed by atoms with E-state index >= 15 is 0 Å². The van der Waals surface area contributed by atoms with Crippen LogP contribution in [0.3, 0.4) is 0 Å². The summed E-state index contributed by atoms with van der Waals surface area (Å²) >= 11 is 0. The van der Waals surface area contributed by atoms with Crippen molar-refractivity contribution in [1.82, 2.24) is 5.32 Å². The Balaban J connectivity index is 2.93. The van der Waals surface area contributed by atoms with Crippen molar-refractivity contribution in [2.45, 2.75) is 161 Å². The molecule has 0 spiro atoms. The van der Waals surface area contributed by atoms with Gasteiger partial charge in [0, 0.05) is 47.5 Å². The number of nitrogens with one attached hydrogen (secondary N) is 1. The van der Waals surface area contributed by atoms with Crippen LogP contribution in [0.2, 0.25) is 16.6 Å². The van der Waals surface area contributed by atoms with Gasteiger partial charge < -0.3 is 47.6 Å². The van der Waals surface area contributed by atoms with E-state index in [2.05, 4.69) is 5.32 Å². The average molecular weight is 776 g/mol. The average Bonchev–Trinajstić information content (AvgIpc) is 3.01. The Morgan fingerprint density at radius 3 is 1.49 bits per heavy atom. The van der Waals surface area contributed by atoms with Crippen LogP contribution in [0.15, 0.2) is 0 Å². The highest BCUT2D eigenvalue weighted by molar-refractivity contribution is 6.77. The lowest BCUT2D eigenvalue weighted by atomic mass is 9.79. The Morgan fingerprint density at radius 1 is 0.623 bits per heavy atom. The van der Waals surface area contributed by atoms with Gasteiger partial charge in [0.1, 0.15) is 18.8 Å². The molecule has 2 aliphatic rings. The largest absolute Gasteiger partial charge is 0.467 e. The van der Waals surface area contributed by atoms with Gasteiger partial charge in [-0.15, -0.1) is 0 Å². The summed E-state index contributed by atoms with van der Waals surface area (Å²) in [4.78, 5) is 88.2. The minimum atomic E-state index is -2.83. The van der Waals surface area contributed by atoms with Crippen molar-refractivity contribution < 1.29 is 75.9 Å². The monoisotopic (exact) mass is 775 g/mol. The minimum absolute atomic E-state index is 0.0325. The number of hydrogen-bond acceptors (Lipinski definition) is 16. The lowest BCUT2D eigenvalue weighted by Gasteiger charge is -2.52. The highest BCUT2D eigenvalue weighted by Crippen LogP contribution is 2.46. The number of esters is 6. The fraction of sp³-hybridized carbons (Fsp3) is 0.800. The molecular weight excluding hydrogens is 718 g/mol. The second kappa shape index (κ2) is 19.6. The number of carbonyl (C=O) groups excluding carboxylic acids is 7. The van der Waals surface area contributed by atoms with Gasteiger partial charge in [-0.3, -0.25) is 28.8 Å². The third-order valence-corrected chi connectivity index (χ3v) is 15.5. The fourth-order valence-corrected chi connectivity index (χ4v) is 13.2. The van der Waals surface area contributed by atoms with Crippen molar-refractivity contribution in [2.75, 3.05) is 13.7 Å². The highest BCUT2D eigenvalue weighted by Gasteiger charge is 2.59. The molecule has 0 bridgehead atoms. The minimum Gasteiger partial charge on any atom is -0.467 e. The molecule has 2 saturated heterocycles. The van der Waals surface area contributed by atoms with Gasteiger partial charge in [0.05, 0.1) is 19.3 Å². The van der Waals surface area contributed by atoms with Crippen molar-refractivity contribution >= 4 is 50.0 Å². The zero-order valence-corrected chi connectivity index (χ0v) is 34.0. The second-order valence-electron chi connectivity index (χ2n) is 14.3. The normalized spacial score (nSPS) is 28.8. The molecule has 53 heavy (non-hydrogen) atoms. The Bertz CT molecular complexity index is 1310. The number of carbonyl (C=O) groups is 7. The van der Waals surface area contributed by atoms with E-state index in [0.29, 0.717) is 0 Å². The molecule has 0 aromatic carbocycles. The zero-order chi connectivity index (χ0) is 40.5. The maximum atomic E-state index is 13.4. The van der Waals surface area contributed by atoms with Gasteiger partial charge in [-0.1, -0.05) is 41.5 Å². The molecule has 1 amide bonds. The quantitative estimate of drug-likeness (QED) is 0.144. The Hall–Kier alpha value is -3.61. The molecule has 0 unspecified atom stereocenters. The van der Waals surface area contributed by atoms with Gasteiger partial charge in [-0.2, -0.15) is 0 Å². The summed E-state index contributed by atoms with van der Waals surface area (Å²) in [5.74, 6) is -6.45. The first-order chi connectivity index (χ1) is 24.6. The van der Waals surface area contributed by atoms with E-state index < -0.39 is 118 Å². The molecule has 0 aromatic heterocycles. The third kappa shape index (κ3) is 11.7. The second-order valence-corrected chi connectivity index (χ2v) is 19.7. The van der Waals surface area contributed by atoms with Crippen LogP contribution < -0.4 is 5.32 Å². The Labute approximate surface area is 311 Å². The van der Waals surface area contributed by atoms with Gasteiger partial charge in [-0.05, 0) is 23.0 Å². The standard InChI is InChI=1S/C35H57NO16Si/c1-16(2)53(17(3)4,18(5)6)52-35-28(36-19(7)37)25(29(46-21(9)39)33(51-35)34(43)44-13)14-26-30(47-22(10)40)32(49-24(12)42)31(48-23(11)41)27(50-26)15-45-20(8)38/h16-18,25-33,35H,14-15H2,1-13H3,(H,36,37)/t25-,26-,27-,28+,29-,30-,31-,32-,33+,35+/m1/s1. The number of hydrogen-bond donors (Lipinski definition) is 1. The molecule has 0 radical (unpaired) electrons. The molecule has 0 aromatic rings. The van der Waals surface area contributed by atoms with Crippen LogP contribution in [0.4, 0.5) is 0 Å². The Morgan fingerprint density at radius 2 is 1.08 bits per heavy atom. The van der Waals surface area contributed by atoms with E-state index in [-0.39, 0.29) is 23.0 Å². The number of amides is 1. The van der Waals surface area contributed by atoms with Crippen molar-refractivity contribution in [2.24, 2.45) is 5.92 Å². The zero-order valence-electron chi connectivity index (χ0n) is 33.0. The molecule has 2 heterocycles. The number of rotatable bonds is 15. The first-order valence-corrected chi connectivity index (χ1v) is 19.9. The molecule has 18 heteroatoms. The summed E-state index contributed by atoms with van der Waals surface area (Å²) < 4.78 is 52.6. The summed E-state index contributed by atoms with van der Waals surface area (Å²) in [5, 5.41) is 2.88. The van der Waals surface area contributed by atoms with Gasteiger partial charge in [0.25, 0.3) is 0 Å². The van der Waals surface area contributed by atoms with Crippen molar-refractivity contribution in [3.63, 3.8) is 0 Å². The predicted molar refractivity (Wildman–Crippen MR) is 186 cm³/mol. The molecular formula is C35H57NO16Si. The van der Waals surface area contributed by atoms with Crippen LogP contribution in [-0.2, 0) is 75.9 Å². The Kier molecular flexibility index (Phi) is 16.9. The molecule has 2 aliphatic heterocycles. The van der Waals surface area contributed by atoms with Gasteiger partial charge in [0.2, 0.25) is 14.2 Å². The molecule has 302 valence electrons. The van der Waals surface area contributed by atoms with Gasteiger partial charge in [-0.25, -0.2) is 4.79 Å². The molecule has 1 N–H and O–H groups in total. The van der Waals surface area contributed by atoms with Crippen molar-refractivity contribution in [3.05, 3.63) is 0 Å². The molecule has 10 atom stereocenters. The van der Waals surface area contributed by atoms with Crippen molar-refractivity contribution in [3.8, 4) is 0 Å². The lowest BCUT2D eigenvalue weighted by molar-refractivity contribution is -0.267. The fourth-order valence-electron chi connectivity index (χ4n) is 7.76. The number of ether oxygens (including phenoxy) is 8. The van der Waals surface area contributed by atoms with E-state index in [9.17, 15) is 33.6 Å². The first-order valence-electron chi connectivity index (χ1n) is 17.7. The predicted octanol–water partition coefficient (Wildman–Crippen LogP) is 2.64. The highest BCUT2D eigenvalue weighted by atomic mass is 28.4. The van der Waals surface area contributed by atoms with Crippen LogP contribution in [0.5, 0.6) is 0 Å². The molecule has 0 aliphatic carbocycles. The summed E-state index contributed by atoms with van der Waals surface area (Å²) in [7, 11) is -1.70. The van der Waals surface area contributed by atoms with E-state index in [4.69, 9.17) is 42.3 Å². The summed E-state index contributed by atoms with van der Waals surface area (Å²) in [6, 6.07) is -1.12. The lowest BCUT2D eigenvalue weighted by Crippen LogP contribution is -2.68. The van der Waals surface area contributed by atoms with E-state index in [1.54, 1.807) is 0 Å². The van der Waals surface area contributed by atoms with E-state index in [0.717, 1.165) is 41.7 Å². The van der Waals surface area contributed by atoms with Gasteiger partial charge in [0.15, 0.2) is 30.7 Å². The third-order valence-electron chi connectivity index (χ3n) is 9.48. The van der Waals surface area contributed by atoms with E-state index in [1.807, 2.05) is 41.5 Å². The van der Waals surface area contributed by atoms with Crippen LogP contribution in [-0.4, -0.2) is 119 Å². The molecule has 17 nitrogen and oxygen atoms in total. The molecule has 2 fully saturated rings. The van der Waals surface area contributed by atoms with E-state index in [1.165, 1.54) is 6.92 Å². The smallest absolute Gasteiger partial charge is 0.339 e. The number of methoxy groups -OCH3 is 1.